The monoisotopic (exact) mass is 964 g/mol. The molecular formula is C45H75Cl3Si7Ti. The van der Waals surface area contributed by atoms with Gasteiger partial charge in [-0.1, -0.05) is 0 Å². The van der Waals surface area contributed by atoms with Crippen LogP contribution in [0.5, 0.6) is 0 Å². The first-order chi connectivity index (χ1) is 23.6. The molecule has 0 aromatic heterocycles. The second-order valence-electron chi connectivity index (χ2n) is 22.9. The van der Waals surface area contributed by atoms with Gasteiger partial charge in [0, 0.05) is 0 Å². The van der Waals surface area contributed by atoms with E-state index < -0.39 is 56.5 Å². The molecule has 0 saturated heterocycles. The van der Waals surface area contributed by atoms with Crippen LogP contribution in [0.4, 0.5) is 0 Å². The maximum Gasteiger partial charge on any atom is -1.00 e. The van der Waals surface area contributed by atoms with Crippen LogP contribution in [0.25, 0.3) is 0 Å². The number of rotatable bonds is 10. The van der Waals surface area contributed by atoms with Gasteiger partial charge in [0.05, 0.1) is 0 Å². The van der Waals surface area contributed by atoms with Crippen LogP contribution in [0.2, 0.25) is 121 Å². The predicted molar refractivity (Wildman–Crippen MR) is 261 cm³/mol. The molecule has 0 heterocycles. The zero-order valence-corrected chi connectivity index (χ0v) is 50.2. The number of allylic oxidation sites excluding steroid dienone is 4. The fraction of sp³-hybridized carbons (Fsp3) is 0.511. The van der Waals surface area contributed by atoms with Crippen molar-refractivity contribution in [2.75, 3.05) is 0 Å². The van der Waals surface area contributed by atoms with Crippen molar-refractivity contribution in [2.24, 2.45) is 0 Å². The third kappa shape index (κ3) is 10.1. The molecule has 3 aromatic rings. The Morgan fingerprint density at radius 2 is 0.446 bits per heavy atom. The van der Waals surface area contributed by atoms with Gasteiger partial charge in [0.25, 0.3) is 0 Å². The topological polar surface area (TPSA) is 0 Å². The quantitative estimate of drug-likeness (QED) is 0.188. The van der Waals surface area contributed by atoms with E-state index in [0.29, 0.717) is 0 Å². The molecule has 0 nitrogen and oxygen atoms in total. The van der Waals surface area contributed by atoms with Crippen molar-refractivity contribution in [3.05, 3.63) is 76.9 Å². The second-order valence-corrected chi connectivity index (χ2v) is 59.3. The molecule has 0 saturated carbocycles. The summed E-state index contributed by atoms with van der Waals surface area (Å²) in [6, 6.07) is 24.9. The SMILES string of the molecule is CC1=C(C)[C]([Ti+3])([Si](c2cc([Si](C)(C)C)cc([Si](C)(C)C)c2)(c2cc([Si](C)(C)C)cc([Si](C)(C)C)c2)c2cc([Si](C)(C)C)cc([Si](C)(C)C)c2)C(C)=C1C.[Cl-].[Cl-].[Cl-]. The molecule has 0 atom stereocenters. The molecule has 56 heavy (non-hydrogen) atoms. The number of hydrogen-bond acceptors (Lipinski definition) is 0. The molecule has 0 spiro atoms. The van der Waals surface area contributed by atoms with E-state index in [1.807, 2.05) is 0 Å². The van der Waals surface area contributed by atoms with Crippen LogP contribution in [0, 0.1) is 0 Å². The molecule has 0 bridgehead atoms. The molecule has 0 amide bonds. The van der Waals surface area contributed by atoms with E-state index in [2.05, 4.69) is 221 Å². The van der Waals surface area contributed by atoms with Gasteiger partial charge in [0.2, 0.25) is 0 Å². The largest absolute Gasteiger partial charge is 1.00 e. The van der Waals surface area contributed by atoms with Crippen LogP contribution in [0.3, 0.4) is 0 Å². The molecule has 0 unspecified atom stereocenters. The van der Waals surface area contributed by atoms with Gasteiger partial charge < -0.3 is 37.2 Å². The second kappa shape index (κ2) is 17.5. The van der Waals surface area contributed by atoms with Crippen molar-refractivity contribution < 1.29 is 57.7 Å². The molecule has 308 valence electrons. The summed E-state index contributed by atoms with van der Waals surface area (Å²) in [5, 5.41) is 14.8. The molecular weight excluding hydrogens is 891 g/mol. The van der Waals surface area contributed by atoms with E-state index in [1.54, 1.807) is 57.8 Å². The first-order valence-corrected chi connectivity index (χ1v) is 44.0. The first-order valence-electron chi connectivity index (χ1n) is 20.2. The summed E-state index contributed by atoms with van der Waals surface area (Å²) in [5.41, 5.74) is 6.25. The zero-order valence-electron chi connectivity index (χ0n) is 39.3. The Hall–Kier alpha value is 0.242. The first kappa shape index (κ1) is 54.3. The summed E-state index contributed by atoms with van der Waals surface area (Å²) in [7, 11) is -13.1. The standard InChI is InChI=1S/C45H75Si7.3ClH.Ti/c1-32-33(2)35(4)45(34(32)3)52(42-26-36(46(5,6)7)23-37(27-42)47(8,9)10,43-28-38(48(11,12)13)24-39(29-43)49(14,15)16)44-30-40(50(17,18)19)25-41(31-44)51(20,21)22;;;;/h23-31H,1-22H3;3*1H;/q;;;;+3/p-3. The minimum Gasteiger partial charge on any atom is -1.00 e. The van der Waals surface area contributed by atoms with Gasteiger partial charge in [0.15, 0.2) is 0 Å². The molecule has 1 aliphatic carbocycles. The molecule has 11 heteroatoms. The fourth-order valence-electron chi connectivity index (χ4n) is 8.25. The molecule has 0 aliphatic heterocycles. The average Bonchev–Trinajstić information content (AvgIpc) is 3.14. The molecule has 0 N–H and O–H groups in total. The van der Waals surface area contributed by atoms with Gasteiger partial charge in [-0.2, -0.15) is 0 Å². The maximum absolute atomic E-state index is 2.97. The normalized spacial score (nSPS) is 15.7. The van der Waals surface area contributed by atoms with Crippen molar-refractivity contribution in [3.8, 4) is 0 Å². The summed E-state index contributed by atoms with van der Waals surface area (Å²) in [4.78, 5) is 0. The molecule has 4 rings (SSSR count). The Balaban J connectivity index is 0.00000523. The van der Waals surface area contributed by atoms with Crippen molar-refractivity contribution in [1.82, 2.24) is 0 Å². The van der Waals surface area contributed by atoms with Gasteiger partial charge in [-0.15, -0.1) is 0 Å². The van der Waals surface area contributed by atoms with Crippen LogP contribution in [0.15, 0.2) is 76.9 Å². The summed E-state index contributed by atoms with van der Waals surface area (Å²) in [5.74, 6) is 0. The summed E-state index contributed by atoms with van der Waals surface area (Å²) in [6.45, 7) is 56.3. The predicted octanol–water partition coefficient (Wildman–Crippen LogP) is -0.629. The fourth-order valence-corrected chi connectivity index (χ4v) is 25.3. The Bertz CT molecular complexity index is 1690. The molecule has 0 fully saturated rings. The van der Waals surface area contributed by atoms with Crippen molar-refractivity contribution in [2.45, 2.75) is 149 Å². The Morgan fingerprint density at radius 1 is 0.304 bits per heavy atom. The van der Waals surface area contributed by atoms with Crippen LogP contribution < -0.4 is 83.9 Å². The van der Waals surface area contributed by atoms with E-state index in [4.69, 9.17) is 0 Å². The minimum absolute atomic E-state index is 0. The molecule has 0 radical (unpaired) electrons. The zero-order chi connectivity index (χ0) is 40.9. The van der Waals surface area contributed by atoms with Crippen molar-refractivity contribution >= 4 is 103 Å². The number of benzene rings is 3. The van der Waals surface area contributed by atoms with Crippen LogP contribution in [-0.4, -0.2) is 56.5 Å². The third-order valence-electron chi connectivity index (χ3n) is 12.7. The van der Waals surface area contributed by atoms with Crippen molar-refractivity contribution in [1.29, 1.82) is 0 Å². The van der Waals surface area contributed by atoms with E-state index in [1.165, 1.54) is 11.1 Å². The smallest absolute Gasteiger partial charge is 1.00 e. The number of hydrogen-bond donors (Lipinski definition) is 0. The van der Waals surface area contributed by atoms with Gasteiger partial charge in [0.1, 0.15) is 0 Å². The Kier molecular flexibility index (Phi) is 17.0. The van der Waals surface area contributed by atoms with Crippen LogP contribution in [-0.2, 0) is 20.4 Å². The summed E-state index contributed by atoms with van der Waals surface area (Å²) in [6.07, 6.45) is 0. The van der Waals surface area contributed by atoms with Gasteiger partial charge in [-0.05, 0) is 0 Å². The van der Waals surface area contributed by atoms with E-state index in [0.717, 1.165) is 0 Å². The molecule has 1 aliphatic rings. The Morgan fingerprint density at radius 3 is 0.589 bits per heavy atom. The Labute approximate surface area is 383 Å². The van der Waals surface area contributed by atoms with Crippen molar-refractivity contribution in [3.63, 3.8) is 0 Å². The average molecular weight is 967 g/mol. The maximum atomic E-state index is 2.81. The van der Waals surface area contributed by atoms with Crippen LogP contribution >= 0.6 is 0 Å². The summed E-state index contributed by atoms with van der Waals surface area (Å²) >= 11 is 2.73. The van der Waals surface area contributed by atoms with E-state index >= 15 is 0 Å². The van der Waals surface area contributed by atoms with E-state index in [-0.39, 0.29) is 40.6 Å². The summed E-state index contributed by atoms with van der Waals surface area (Å²) < 4.78 is -0.126. The minimum atomic E-state index is -2.97. The van der Waals surface area contributed by atoms with E-state index in [9.17, 15) is 0 Å². The van der Waals surface area contributed by atoms with Gasteiger partial charge in [-0.25, -0.2) is 0 Å². The van der Waals surface area contributed by atoms with Crippen LogP contribution in [0.1, 0.15) is 27.7 Å². The van der Waals surface area contributed by atoms with Gasteiger partial charge in [-0.3, -0.25) is 0 Å². The van der Waals surface area contributed by atoms with Gasteiger partial charge >= 0.3 is 349 Å². The third-order valence-corrected chi connectivity index (χ3v) is 33.1. The number of halogens is 3. The molecule has 3 aromatic carbocycles.